The number of hydrogen-bond donors (Lipinski definition) is 1. The molecule has 2 rings (SSSR count). The van der Waals surface area contributed by atoms with E-state index < -0.39 is 5.97 Å². The quantitative estimate of drug-likeness (QED) is 0.636. The third kappa shape index (κ3) is 5.04. The van der Waals surface area contributed by atoms with Crippen LogP contribution in [0.4, 0.5) is 0 Å². The van der Waals surface area contributed by atoms with Crippen LogP contribution in [0.5, 0.6) is 0 Å². The molecule has 1 aromatic carbocycles. The maximum Gasteiger partial charge on any atom is 0.331 e. The van der Waals surface area contributed by atoms with Crippen molar-refractivity contribution in [1.29, 1.82) is 0 Å². The van der Waals surface area contributed by atoms with Crippen LogP contribution in [0.3, 0.4) is 0 Å². The third-order valence-electron chi connectivity index (χ3n) is 3.45. The summed E-state index contributed by atoms with van der Waals surface area (Å²) in [5, 5.41) is 3.68. The summed E-state index contributed by atoms with van der Waals surface area (Å²) < 4.78 is 4.88. The van der Waals surface area contributed by atoms with Crippen molar-refractivity contribution in [3.05, 3.63) is 39.9 Å². The summed E-state index contributed by atoms with van der Waals surface area (Å²) in [4.78, 5) is 23.2. The first-order valence-corrected chi connectivity index (χ1v) is 7.81. The molecule has 22 heavy (non-hydrogen) atoms. The molecule has 0 aromatic heterocycles. The molecule has 0 unspecified atom stereocenters. The minimum absolute atomic E-state index is 0.128. The molecular formula is C16H17Cl2NO3. The molecule has 0 saturated heterocycles. The number of benzene rings is 1. The predicted octanol–water partition coefficient (Wildman–Crippen LogP) is 3.46. The van der Waals surface area contributed by atoms with Gasteiger partial charge in [0.2, 0.25) is 0 Å². The second-order valence-electron chi connectivity index (χ2n) is 5.27. The average Bonchev–Trinajstić information content (AvgIpc) is 3.29. The van der Waals surface area contributed by atoms with Crippen molar-refractivity contribution in [3.8, 4) is 0 Å². The van der Waals surface area contributed by atoms with Crippen LogP contribution >= 0.6 is 23.2 Å². The largest absolute Gasteiger partial charge is 0.452 e. The van der Waals surface area contributed by atoms with Gasteiger partial charge in [0.1, 0.15) is 0 Å². The number of nitrogens with one attached hydrogen (secondary N) is 1. The van der Waals surface area contributed by atoms with Crippen LogP contribution in [0.1, 0.15) is 25.3 Å². The van der Waals surface area contributed by atoms with Crippen LogP contribution in [-0.4, -0.2) is 24.5 Å². The van der Waals surface area contributed by atoms with E-state index in [2.05, 4.69) is 5.32 Å². The van der Waals surface area contributed by atoms with E-state index in [4.69, 9.17) is 27.9 Å². The summed E-state index contributed by atoms with van der Waals surface area (Å²) in [5.74, 6) is -0.357. The lowest BCUT2D eigenvalue weighted by molar-refractivity contribution is -0.144. The molecular weight excluding hydrogens is 325 g/mol. The van der Waals surface area contributed by atoms with Crippen molar-refractivity contribution < 1.29 is 14.3 Å². The van der Waals surface area contributed by atoms with Crippen LogP contribution < -0.4 is 5.32 Å². The van der Waals surface area contributed by atoms with E-state index in [0.717, 1.165) is 12.8 Å². The highest BCUT2D eigenvalue weighted by molar-refractivity contribution is 6.37. The Bertz CT molecular complexity index is 577. The van der Waals surface area contributed by atoms with Crippen LogP contribution in [0.2, 0.25) is 10.0 Å². The van der Waals surface area contributed by atoms with Crippen molar-refractivity contribution in [2.75, 3.05) is 6.61 Å². The van der Waals surface area contributed by atoms with Gasteiger partial charge in [0.25, 0.3) is 5.91 Å². The van der Waals surface area contributed by atoms with Crippen LogP contribution in [0.25, 0.3) is 6.08 Å². The second-order valence-corrected chi connectivity index (χ2v) is 6.08. The average molecular weight is 342 g/mol. The Morgan fingerprint density at radius 3 is 2.59 bits per heavy atom. The first-order chi connectivity index (χ1) is 10.5. The van der Waals surface area contributed by atoms with Gasteiger partial charge in [-0.3, -0.25) is 4.79 Å². The number of esters is 1. The van der Waals surface area contributed by atoms with E-state index in [9.17, 15) is 9.59 Å². The van der Waals surface area contributed by atoms with E-state index in [1.807, 2.05) is 6.92 Å². The van der Waals surface area contributed by atoms with E-state index >= 15 is 0 Å². The Morgan fingerprint density at radius 1 is 1.36 bits per heavy atom. The highest BCUT2D eigenvalue weighted by atomic mass is 35.5. The van der Waals surface area contributed by atoms with E-state index in [0.29, 0.717) is 21.5 Å². The molecule has 0 bridgehead atoms. The number of hydrogen-bond acceptors (Lipinski definition) is 3. The summed E-state index contributed by atoms with van der Waals surface area (Å²) in [7, 11) is 0. The maximum atomic E-state index is 11.6. The van der Waals surface area contributed by atoms with E-state index in [-0.39, 0.29) is 18.6 Å². The van der Waals surface area contributed by atoms with Gasteiger partial charge in [0.15, 0.2) is 6.61 Å². The third-order valence-corrected chi connectivity index (χ3v) is 4.11. The minimum Gasteiger partial charge on any atom is -0.452 e. The summed E-state index contributed by atoms with van der Waals surface area (Å²) in [6, 6.07) is 5.19. The molecule has 1 aliphatic rings. The van der Waals surface area contributed by atoms with Crippen LogP contribution in [0, 0.1) is 5.92 Å². The Hall–Kier alpha value is -1.52. The van der Waals surface area contributed by atoms with Gasteiger partial charge in [-0.25, -0.2) is 4.79 Å². The van der Waals surface area contributed by atoms with Gasteiger partial charge in [-0.1, -0.05) is 29.3 Å². The van der Waals surface area contributed by atoms with Gasteiger partial charge in [0, 0.05) is 27.7 Å². The van der Waals surface area contributed by atoms with Crippen molar-refractivity contribution in [1.82, 2.24) is 5.32 Å². The topological polar surface area (TPSA) is 55.4 Å². The lowest BCUT2D eigenvalue weighted by Gasteiger charge is -2.12. The zero-order valence-electron chi connectivity index (χ0n) is 12.1. The number of carbonyl (C=O) groups excluding carboxylic acids is 2. The molecule has 0 spiro atoms. The molecule has 1 amide bonds. The molecule has 1 N–H and O–H groups in total. The van der Waals surface area contributed by atoms with Gasteiger partial charge in [-0.15, -0.1) is 0 Å². The molecule has 1 aromatic rings. The molecule has 1 atom stereocenters. The molecule has 1 fully saturated rings. The summed E-state index contributed by atoms with van der Waals surface area (Å²) in [6.07, 6.45) is 4.95. The molecule has 0 radical (unpaired) electrons. The molecule has 118 valence electrons. The standard InChI is InChI=1S/C16H17Cl2NO3/c1-10(11-5-6-11)19-15(20)9-22-16(21)8-7-12-13(17)3-2-4-14(12)18/h2-4,7-8,10-11H,5-6,9H2,1H3,(H,19,20)/b8-7+/t10-/m1/s1. The van der Waals surface area contributed by atoms with Crippen molar-refractivity contribution in [2.45, 2.75) is 25.8 Å². The number of halogens is 2. The van der Waals surface area contributed by atoms with Gasteiger partial charge < -0.3 is 10.1 Å². The summed E-state index contributed by atoms with van der Waals surface area (Å²) >= 11 is 12.0. The number of amides is 1. The molecule has 4 nitrogen and oxygen atoms in total. The fraction of sp³-hybridized carbons (Fsp3) is 0.375. The van der Waals surface area contributed by atoms with Gasteiger partial charge >= 0.3 is 5.97 Å². The summed E-state index contributed by atoms with van der Waals surface area (Å²) in [5.41, 5.74) is 0.537. The fourth-order valence-electron chi connectivity index (χ4n) is 2.02. The molecule has 1 aliphatic carbocycles. The Kier molecular flexibility index (Phi) is 5.86. The smallest absolute Gasteiger partial charge is 0.331 e. The minimum atomic E-state index is -0.620. The highest BCUT2D eigenvalue weighted by Crippen LogP contribution is 2.32. The molecule has 0 heterocycles. The SMILES string of the molecule is C[C@@H](NC(=O)COC(=O)/C=C/c1c(Cl)cccc1Cl)C1CC1. The lowest BCUT2D eigenvalue weighted by atomic mass is 10.2. The normalized spacial score (nSPS) is 15.6. The van der Waals surface area contributed by atoms with Crippen LogP contribution in [0.15, 0.2) is 24.3 Å². The zero-order chi connectivity index (χ0) is 16.1. The zero-order valence-corrected chi connectivity index (χ0v) is 13.7. The molecule has 6 heteroatoms. The summed E-state index contributed by atoms with van der Waals surface area (Å²) in [6.45, 7) is 1.66. The monoisotopic (exact) mass is 341 g/mol. The number of carbonyl (C=O) groups is 2. The number of ether oxygens (including phenoxy) is 1. The highest BCUT2D eigenvalue weighted by Gasteiger charge is 2.28. The first-order valence-electron chi connectivity index (χ1n) is 7.05. The molecule has 0 aliphatic heterocycles. The maximum absolute atomic E-state index is 11.6. The van der Waals surface area contributed by atoms with Crippen molar-refractivity contribution in [2.24, 2.45) is 5.92 Å². The Balaban J connectivity index is 1.80. The molecule has 1 saturated carbocycles. The van der Waals surface area contributed by atoms with Crippen LogP contribution in [-0.2, 0) is 14.3 Å². The van der Waals surface area contributed by atoms with Crippen molar-refractivity contribution >= 4 is 41.2 Å². The van der Waals surface area contributed by atoms with Gasteiger partial charge in [-0.05, 0) is 43.9 Å². The fourth-order valence-corrected chi connectivity index (χ4v) is 2.54. The Labute approximate surface area is 139 Å². The second kappa shape index (κ2) is 7.65. The van der Waals surface area contributed by atoms with Gasteiger partial charge in [0.05, 0.1) is 0 Å². The van der Waals surface area contributed by atoms with E-state index in [1.54, 1.807) is 18.2 Å². The Morgan fingerprint density at radius 2 is 2.00 bits per heavy atom. The van der Waals surface area contributed by atoms with Crippen molar-refractivity contribution in [3.63, 3.8) is 0 Å². The number of rotatable bonds is 6. The lowest BCUT2D eigenvalue weighted by Crippen LogP contribution is -2.36. The van der Waals surface area contributed by atoms with Gasteiger partial charge in [-0.2, -0.15) is 0 Å². The first kappa shape index (κ1) is 16.8. The van der Waals surface area contributed by atoms with E-state index in [1.165, 1.54) is 12.2 Å². The predicted molar refractivity (Wildman–Crippen MR) is 86.8 cm³/mol.